The lowest BCUT2D eigenvalue weighted by molar-refractivity contribution is -0.142. The zero-order valence-corrected chi connectivity index (χ0v) is 25.7. The van der Waals surface area contributed by atoms with Gasteiger partial charge in [-0.05, 0) is 71.7 Å². The number of nitrogens with zero attached hydrogens (tertiary/aromatic N) is 1. The molecule has 0 saturated carbocycles. The number of methoxy groups -OCH3 is 1. The van der Waals surface area contributed by atoms with Crippen LogP contribution in [0.3, 0.4) is 0 Å². The number of hydrogen-bond donors (Lipinski definition) is 1. The molecule has 0 radical (unpaired) electrons. The van der Waals surface area contributed by atoms with Crippen LogP contribution in [0.15, 0.2) is 77.9 Å². The first kappa shape index (κ1) is 31.9. The number of nitrogens with one attached hydrogen (secondary N) is 1. The predicted molar refractivity (Wildman–Crippen MR) is 169 cm³/mol. The molecular formula is C33H32F2N2O4S2. The normalized spacial score (nSPS) is 12.1. The van der Waals surface area contributed by atoms with Crippen LogP contribution in [-0.2, 0) is 16.0 Å². The molecule has 0 spiro atoms. The summed E-state index contributed by atoms with van der Waals surface area (Å²) < 4.78 is 38.2. The maximum Gasteiger partial charge on any atom is 0.328 e. The number of thiazole rings is 1. The minimum Gasteiger partial charge on any atom is -0.489 e. The van der Waals surface area contributed by atoms with Crippen LogP contribution in [0.1, 0.15) is 32.8 Å². The Morgan fingerprint density at radius 3 is 2.51 bits per heavy atom. The van der Waals surface area contributed by atoms with Gasteiger partial charge in [0.2, 0.25) is 0 Å². The molecule has 4 aromatic rings. The third-order valence-corrected chi connectivity index (χ3v) is 8.02. The summed E-state index contributed by atoms with van der Waals surface area (Å²) >= 11 is 3.04. The Morgan fingerprint density at radius 2 is 1.84 bits per heavy atom. The number of thioether (sulfide) groups is 1. The van der Waals surface area contributed by atoms with Crippen molar-refractivity contribution >= 4 is 41.1 Å². The first-order valence-electron chi connectivity index (χ1n) is 13.5. The molecule has 10 heteroatoms. The van der Waals surface area contributed by atoms with E-state index in [1.165, 1.54) is 18.4 Å². The van der Waals surface area contributed by atoms with Crippen LogP contribution < -0.4 is 10.1 Å². The molecule has 0 aliphatic rings. The lowest BCUT2D eigenvalue weighted by Gasteiger charge is -2.19. The zero-order chi connectivity index (χ0) is 30.8. The minimum atomic E-state index is -0.770. The number of benzene rings is 3. The lowest BCUT2D eigenvalue weighted by atomic mass is 9.92. The van der Waals surface area contributed by atoms with Crippen LogP contribution >= 0.6 is 23.1 Å². The number of halogens is 2. The van der Waals surface area contributed by atoms with Crippen molar-refractivity contribution in [3.05, 3.63) is 111 Å². The number of esters is 1. The van der Waals surface area contributed by atoms with Gasteiger partial charge in [0, 0.05) is 34.8 Å². The summed E-state index contributed by atoms with van der Waals surface area (Å²) in [6.07, 6.45) is 6.49. The third kappa shape index (κ3) is 8.98. The molecule has 3 aromatic carbocycles. The highest BCUT2D eigenvalue weighted by atomic mass is 32.2. The largest absolute Gasteiger partial charge is 0.489 e. The van der Waals surface area contributed by atoms with Gasteiger partial charge in [-0.25, -0.2) is 13.6 Å². The molecular weight excluding hydrogens is 591 g/mol. The van der Waals surface area contributed by atoms with Crippen molar-refractivity contribution in [2.45, 2.75) is 25.8 Å². The molecule has 1 heterocycles. The van der Waals surface area contributed by atoms with Gasteiger partial charge in [0.15, 0.2) is 0 Å². The summed E-state index contributed by atoms with van der Waals surface area (Å²) in [5, 5.41) is 2.86. The number of rotatable bonds is 13. The molecule has 4 rings (SSSR count). The van der Waals surface area contributed by atoms with Crippen LogP contribution in [0.2, 0.25) is 0 Å². The first-order valence-corrected chi connectivity index (χ1v) is 15.8. The van der Waals surface area contributed by atoms with E-state index in [-0.39, 0.29) is 18.3 Å². The molecule has 0 saturated heterocycles. The third-order valence-electron chi connectivity index (χ3n) is 6.65. The van der Waals surface area contributed by atoms with Gasteiger partial charge in [-0.15, -0.1) is 11.3 Å². The molecule has 43 heavy (non-hydrogen) atoms. The smallest absolute Gasteiger partial charge is 0.328 e. The Labute approximate surface area is 258 Å². The fourth-order valence-corrected chi connectivity index (χ4v) is 5.62. The molecule has 1 aromatic heterocycles. The van der Waals surface area contributed by atoms with Crippen molar-refractivity contribution in [3.63, 3.8) is 0 Å². The van der Waals surface area contributed by atoms with Crippen molar-refractivity contribution in [3.8, 4) is 16.9 Å². The first-order chi connectivity index (χ1) is 20.8. The number of ether oxygens (including phenoxy) is 2. The van der Waals surface area contributed by atoms with Crippen LogP contribution in [0.25, 0.3) is 17.2 Å². The minimum absolute atomic E-state index is 0.0823. The van der Waals surface area contributed by atoms with E-state index in [1.54, 1.807) is 29.5 Å². The van der Waals surface area contributed by atoms with E-state index in [4.69, 9.17) is 9.47 Å². The van der Waals surface area contributed by atoms with Crippen molar-refractivity contribution < 1.29 is 27.8 Å². The second kappa shape index (κ2) is 15.5. The van der Waals surface area contributed by atoms with E-state index < -0.39 is 23.6 Å². The Morgan fingerprint density at radius 1 is 1.07 bits per heavy atom. The average molecular weight is 623 g/mol. The number of hydrogen-bond acceptors (Lipinski definition) is 7. The van der Waals surface area contributed by atoms with Crippen LogP contribution in [0.5, 0.6) is 5.75 Å². The lowest BCUT2D eigenvalue weighted by Crippen LogP contribution is -2.42. The number of aryl methyl sites for hydroxylation is 1. The van der Waals surface area contributed by atoms with Crippen LogP contribution in [-0.4, -0.2) is 48.6 Å². The van der Waals surface area contributed by atoms with Crippen molar-refractivity contribution in [1.29, 1.82) is 0 Å². The van der Waals surface area contributed by atoms with Crippen molar-refractivity contribution in [1.82, 2.24) is 10.3 Å². The van der Waals surface area contributed by atoms with Gasteiger partial charge in [-0.1, -0.05) is 36.4 Å². The average Bonchev–Trinajstić information content (AvgIpc) is 3.50. The summed E-state index contributed by atoms with van der Waals surface area (Å²) in [7, 11) is 1.31. The van der Waals surface area contributed by atoms with Crippen LogP contribution in [0.4, 0.5) is 8.78 Å². The molecule has 0 bridgehead atoms. The van der Waals surface area contributed by atoms with E-state index >= 15 is 0 Å². The SMILES string of the molecule is COC(=O)[C@H](CCSC)NC(=O)c1ccc(C/C(=C/c2cncs2)COc2cc(F)cc(F)c2)cc1-c1ccccc1C. The van der Waals surface area contributed by atoms with Crippen molar-refractivity contribution in [2.75, 3.05) is 25.7 Å². The summed E-state index contributed by atoms with van der Waals surface area (Å²) in [4.78, 5) is 31.0. The number of amides is 1. The van der Waals surface area contributed by atoms with Gasteiger partial charge in [0.25, 0.3) is 5.91 Å². The second-order valence-corrected chi connectivity index (χ2v) is 11.7. The quantitative estimate of drug-likeness (QED) is 0.160. The molecule has 0 unspecified atom stereocenters. The van der Waals surface area contributed by atoms with Gasteiger partial charge >= 0.3 is 5.97 Å². The van der Waals surface area contributed by atoms with E-state index in [0.29, 0.717) is 29.7 Å². The summed E-state index contributed by atoms with van der Waals surface area (Å²) in [5.41, 5.74) is 6.46. The highest BCUT2D eigenvalue weighted by Gasteiger charge is 2.24. The highest BCUT2D eigenvalue weighted by Crippen LogP contribution is 2.30. The Hall–Kier alpha value is -4.02. The topological polar surface area (TPSA) is 77.5 Å². The Bertz CT molecular complexity index is 1570. The van der Waals surface area contributed by atoms with E-state index in [1.807, 2.05) is 55.7 Å². The number of aromatic nitrogens is 1. The van der Waals surface area contributed by atoms with E-state index in [9.17, 15) is 18.4 Å². The molecule has 6 nitrogen and oxygen atoms in total. The molecule has 0 aliphatic heterocycles. The van der Waals surface area contributed by atoms with Gasteiger partial charge in [0.1, 0.15) is 30.0 Å². The van der Waals surface area contributed by atoms with Gasteiger partial charge in [-0.2, -0.15) is 11.8 Å². The Kier molecular flexibility index (Phi) is 11.5. The van der Waals surface area contributed by atoms with Gasteiger partial charge < -0.3 is 14.8 Å². The summed E-state index contributed by atoms with van der Waals surface area (Å²) in [5.74, 6) is -1.54. The summed E-state index contributed by atoms with van der Waals surface area (Å²) in [6, 6.07) is 15.6. The number of carbonyl (C=O) groups is 2. The van der Waals surface area contributed by atoms with Gasteiger partial charge in [-0.3, -0.25) is 9.78 Å². The fourth-order valence-electron chi connectivity index (χ4n) is 4.55. The maximum atomic E-state index is 13.7. The molecule has 1 N–H and O–H groups in total. The molecule has 1 amide bonds. The maximum absolute atomic E-state index is 13.7. The zero-order valence-electron chi connectivity index (χ0n) is 24.1. The van der Waals surface area contributed by atoms with E-state index in [2.05, 4.69) is 10.3 Å². The van der Waals surface area contributed by atoms with E-state index in [0.717, 1.165) is 45.3 Å². The standard InChI is InChI=1S/C33H32F2N2O4S2/c1-21-6-4-5-7-28(21)30-14-22(8-9-29(30)32(38)37-31(10-11-42-3)33(39)40-2)12-23(13-27-18-36-20-43-27)19-41-26-16-24(34)15-25(35)17-26/h4-9,13-18,20,31H,10-12,19H2,1-3H3,(H,37,38)/b23-13-/t31-/m0/s1. The molecule has 224 valence electrons. The summed E-state index contributed by atoms with van der Waals surface area (Å²) in [6.45, 7) is 2.06. The molecule has 0 fully saturated rings. The molecule has 0 aliphatic carbocycles. The monoisotopic (exact) mass is 622 g/mol. The fraction of sp³-hybridized carbons (Fsp3) is 0.242. The highest BCUT2D eigenvalue weighted by molar-refractivity contribution is 7.98. The number of carbonyl (C=O) groups excluding carboxylic acids is 2. The molecule has 1 atom stereocenters. The predicted octanol–water partition coefficient (Wildman–Crippen LogP) is 7.13. The van der Waals surface area contributed by atoms with Crippen LogP contribution in [0, 0.1) is 18.6 Å². The van der Waals surface area contributed by atoms with Crippen molar-refractivity contribution in [2.24, 2.45) is 0 Å². The van der Waals surface area contributed by atoms with Gasteiger partial charge in [0.05, 0.1) is 12.6 Å². The Balaban J connectivity index is 1.67. The second-order valence-electron chi connectivity index (χ2n) is 9.80.